The zero-order valence-electron chi connectivity index (χ0n) is 7.92. The highest BCUT2D eigenvalue weighted by atomic mass is 35.5. The highest BCUT2D eigenvalue weighted by Gasteiger charge is 2.39. The third kappa shape index (κ3) is 3.06. The second kappa shape index (κ2) is 4.58. The number of benzene rings is 1. The third-order valence-corrected chi connectivity index (χ3v) is 2.08. The van der Waals surface area contributed by atoms with Crippen molar-refractivity contribution in [1.82, 2.24) is 0 Å². The number of nitrogens with zero attached hydrogens (tertiary/aromatic N) is 1. The molecule has 0 radical (unpaired) electrons. The summed E-state index contributed by atoms with van der Waals surface area (Å²) in [5, 5.41) is 11.3. The van der Waals surface area contributed by atoms with Crippen LogP contribution in [0.25, 0.3) is 0 Å². The fourth-order valence-electron chi connectivity index (χ4n) is 0.951. The van der Waals surface area contributed by atoms with Gasteiger partial charge in [0.25, 0.3) is 5.69 Å². The Kier molecular flexibility index (Phi) is 3.56. The smallest absolute Gasteiger partial charge is 0.317 e. The van der Waals surface area contributed by atoms with E-state index in [-0.39, 0.29) is 0 Å². The maximum absolute atomic E-state index is 11.9. The van der Waals surface area contributed by atoms with E-state index in [4.69, 9.17) is 11.6 Å². The molecule has 0 unspecified atom stereocenters. The van der Waals surface area contributed by atoms with Crippen LogP contribution in [-0.2, 0) is 4.79 Å². The van der Waals surface area contributed by atoms with Crippen molar-refractivity contribution < 1.29 is 22.9 Å². The van der Waals surface area contributed by atoms with Crippen LogP contribution in [0, 0.1) is 10.1 Å². The maximum Gasteiger partial charge on any atom is 0.471 e. The van der Waals surface area contributed by atoms with Crippen LogP contribution in [-0.4, -0.2) is 17.0 Å². The highest BCUT2D eigenvalue weighted by Crippen LogP contribution is 2.32. The molecule has 0 heterocycles. The number of carbonyl (C=O) groups excluding carboxylic acids is 1. The van der Waals surface area contributed by atoms with Crippen LogP contribution < -0.4 is 5.32 Å². The Balaban J connectivity index is 3.05. The van der Waals surface area contributed by atoms with Gasteiger partial charge in [-0.15, -0.1) is 0 Å². The second-order valence-corrected chi connectivity index (χ2v) is 3.23. The summed E-state index contributed by atoms with van der Waals surface area (Å²) in [6, 6.07) is 3.14. The molecule has 1 N–H and O–H groups in total. The number of nitro groups is 1. The number of alkyl halides is 3. The molecule has 1 amide bonds. The fourth-order valence-corrected chi connectivity index (χ4v) is 1.19. The molecule has 17 heavy (non-hydrogen) atoms. The third-order valence-electron chi connectivity index (χ3n) is 1.68. The first kappa shape index (κ1) is 13.2. The lowest BCUT2D eigenvalue weighted by molar-refractivity contribution is -0.384. The molecule has 1 aromatic rings. The summed E-state index contributed by atoms with van der Waals surface area (Å²) >= 11 is 5.47. The van der Waals surface area contributed by atoms with Gasteiger partial charge in [0.05, 0.1) is 10.6 Å². The summed E-state index contributed by atoms with van der Waals surface area (Å²) in [5.41, 5.74) is -1.06. The summed E-state index contributed by atoms with van der Waals surface area (Å²) in [6.07, 6.45) is -5.09. The first-order valence-electron chi connectivity index (χ1n) is 4.04. The quantitative estimate of drug-likeness (QED) is 0.662. The van der Waals surface area contributed by atoms with Gasteiger partial charge in [-0.25, -0.2) is 0 Å². The molecule has 0 saturated heterocycles. The van der Waals surface area contributed by atoms with E-state index >= 15 is 0 Å². The number of hydrogen-bond donors (Lipinski definition) is 1. The molecule has 1 aromatic carbocycles. The number of hydrogen-bond acceptors (Lipinski definition) is 3. The maximum atomic E-state index is 11.9. The van der Waals surface area contributed by atoms with Crippen LogP contribution in [0.2, 0.25) is 5.02 Å². The van der Waals surface area contributed by atoms with E-state index in [0.29, 0.717) is 0 Å². The Labute approximate surface area is 97.3 Å². The minimum absolute atomic E-state index is 0.469. The van der Waals surface area contributed by atoms with Crippen molar-refractivity contribution >= 4 is 28.9 Å². The molecule has 0 spiro atoms. The van der Waals surface area contributed by atoms with E-state index in [2.05, 4.69) is 0 Å². The van der Waals surface area contributed by atoms with Crippen molar-refractivity contribution in [3.8, 4) is 0 Å². The number of amides is 1. The number of nitrogens with one attached hydrogen (secondary N) is 1. The first-order valence-corrected chi connectivity index (χ1v) is 4.42. The predicted octanol–water partition coefficient (Wildman–Crippen LogP) is 2.75. The number of carbonyl (C=O) groups is 1. The standard InChI is InChI=1S/C8H4ClF3N2O3/c9-6-4(13-7(15)8(10,11)12)2-1-3-5(6)14(16)17/h1-3H,(H,13,15). The Hall–Kier alpha value is -1.83. The first-order chi connectivity index (χ1) is 7.73. The van der Waals surface area contributed by atoms with Crippen molar-refractivity contribution in [2.24, 2.45) is 0 Å². The van der Waals surface area contributed by atoms with Crippen molar-refractivity contribution in [1.29, 1.82) is 0 Å². The molecule has 9 heteroatoms. The summed E-state index contributed by atoms with van der Waals surface area (Å²) < 4.78 is 35.8. The van der Waals surface area contributed by atoms with E-state index in [0.717, 1.165) is 18.2 Å². The second-order valence-electron chi connectivity index (χ2n) is 2.85. The molecule has 0 fully saturated rings. The number of rotatable bonds is 2. The summed E-state index contributed by atoms with van der Waals surface area (Å²) in [7, 11) is 0. The molecule has 1 rings (SSSR count). The van der Waals surface area contributed by atoms with Gasteiger partial charge in [0.2, 0.25) is 0 Å². The van der Waals surface area contributed by atoms with Crippen molar-refractivity contribution in [2.75, 3.05) is 5.32 Å². The van der Waals surface area contributed by atoms with E-state index in [1.165, 1.54) is 5.32 Å². The lowest BCUT2D eigenvalue weighted by atomic mass is 10.2. The van der Waals surface area contributed by atoms with Gasteiger partial charge in [-0.3, -0.25) is 14.9 Å². The lowest BCUT2D eigenvalue weighted by Crippen LogP contribution is -2.30. The fraction of sp³-hybridized carbons (Fsp3) is 0.125. The molecule has 0 aromatic heterocycles. The minimum atomic E-state index is -5.09. The number of anilines is 1. The molecule has 92 valence electrons. The topological polar surface area (TPSA) is 72.2 Å². The largest absolute Gasteiger partial charge is 0.471 e. The van der Waals surface area contributed by atoms with Crippen LogP contribution in [0.3, 0.4) is 0 Å². The summed E-state index contributed by atoms with van der Waals surface area (Å²) in [5.74, 6) is -2.25. The molecule has 0 bridgehead atoms. The van der Waals surface area contributed by atoms with Gasteiger partial charge in [0, 0.05) is 6.07 Å². The monoisotopic (exact) mass is 268 g/mol. The lowest BCUT2D eigenvalue weighted by Gasteiger charge is -2.09. The van der Waals surface area contributed by atoms with Crippen LogP contribution in [0.1, 0.15) is 0 Å². The van der Waals surface area contributed by atoms with E-state index < -0.39 is 33.4 Å². The predicted molar refractivity (Wildman–Crippen MR) is 52.8 cm³/mol. The Morgan fingerprint density at radius 2 is 2.00 bits per heavy atom. The molecule has 5 nitrogen and oxygen atoms in total. The summed E-state index contributed by atoms with van der Waals surface area (Å²) in [4.78, 5) is 20.2. The van der Waals surface area contributed by atoms with E-state index in [1.807, 2.05) is 0 Å². The van der Waals surface area contributed by atoms with Crippen molar-refractivity contribution in [3.05, 3.63) is 33.3 Å². The van der Waals surface area contributed by atoms with Crippen LogP contribution in [0.4, 0.5) is 24.5 Å². The van der Waals surface area contributed by atoms with Gasteiger partial charge in [0.15, 0.2) is 0 Å². The van der Waals surface area contributed by atoms with Gasteiger partial charge in [-0.2, -0.15) is 13.2 Å². The molecule has 0 aliphatic rings. The zero-order valence-corrected chi connectivity index (χ0v) is 8.67. The molecule has 0 saturated carbocycles. The van der Waals surface area contributed by atoms with Crippen LogP contribution in [0.5, 0.6) is 0 Å². The van der Waals surface area contributed by atoms with Crippen molar-refractivity contribution in [2.45, 2.75) is 6.18 Å². The number of halogens is 4. The Morgan fingerprint density at radius 1 is 1.41 bits per heavy atom. The van der Waals surface area contributed by atoms with Crippen LogP contribution in [0.15, 0.2) is 18.2 Å². The molecule has 0 atom stereocenters. The SMILES string of the molecule is O=C(Nc1cccc([N+](=O)[O-])c1Cl)C(F)(F)F. The van der Waals surface area contributed by atoms with Gasteiger partial charge < -0.3 is 5.32 Å². The molecule has 0 aliphatic heterocycles. The van der Waals surface area contributed by atoms with E-state index in [9.17, 15) is 28.1 Å². The van der Waals surface area contributed by atoms with Gasteiger partial charge in [-0.05, 0) is 6.07 Å². The molecule has 0 aliphatic carbocycles. The Bertz CT molecular complexity index is 476. The van der Waals surface area contributed by atoms with Crippen LogP contribution >= 0.6 is 11.6 Å². The highest BCUT2D eigenvalue weighted by molar-refractivity contribution is 6.35. The Morgan fingerprint density at radius 3 is 2.47 bits per heavy atom. The van der Waals surface area contributed by atoms with E-state index in [1.54, 1.807) is 0 Å². The van der Waals surface area contributed by atoms with Gasteiger partial charge in [0.1, 0.15) is 5.02 Å². The van der Waals surface area contributed by atoms with Gasteiger partial charge in [-0.1, -0.05) is 17.7 Å². The molecular formula is C8H4ClF3N2O3. The van der Waals surface area contributed by atoms with Gasteiger partial charge >= 0.3 is 12.1 Å². The average Bonchev–Trinajstić information content (AvgIpc) is 2.19. The zero-order chi connectivity index (χ0) is 13.2. The summed E-state index contributed by atoms with van der Waals surface area (Å²) in [6.45, 7) is 0. The normalized spacial score (nSPS) is 11.1. The van der Waals surface area contributed by atoms with Crippen molar-refractivity contribution in [3.63, 3.8) is 0 Å². The average molecular weight is 269 g/mol. The minimum Gasteiger partial charge on any atom is -0.317 e. The molecular weight excluding hydrogens is 265 g/mol. The number of nitro benzene ring substituents is 1.